The van der Waals surface area contributed by atoms with Crippen LogP contribution >= 0.6 is 12.2 Å². The zero-order chi connectivity index (χ0) is 9.56. The number of ether oxygens (including phenoxy) is 2. The second-order valence-electron chi connectivity index (χ2n) is 2.66. The molecule has 0 N–H and O–H groups in total. The first kappa shape index (κ1) is 11.4. The monoisotopic (exact) mass is 190 g/mol. The third-order valence-electron chi connectivity index (χ3n) is 1.10. The van der Waals surface area contributed by atoms with E-state index in [-0.39, 0.29) is 18.5 Å². The van der Waals surface area contributed by atoms with Gasteiger partial charge in [0.25, 0.3) is 0 Å². The van der Waals surface area contributed by atoms with Gasteiger partial charge in [0, 0.05) is 6.92 Å². The maximum Gasteiger partial charge on any atom is 0.308 e. The summed E-state index contributed by atoms with van der Waals surface area (Å²) in [7, 11) is 0. The highest BCUT2D eigenvalue weighted by molar-refractivity contribution is 7.80. The maximum absolute atomic E-state index is 10.9. The van der Waals surface area contributed by atoms with Gasteiger partial charge < -0.3 is 9.47 Å². The van der Waals surface area contributed by atoms with Crippen molar-refractivity contribution in [1.82, 2.24) is 0 Å². The molecule has 0 radical (unpaired) electrons. The molecule has 70 valence electrons. The Balaban J connectivity index is 3.32. The van der Waals surface area contributed by atoms with Crippen molar-refractivity contribution in [3.63, 3.8) is 0 Å². The van der Waals surface area contributed by atoms with E-state index in [4.69, 9.17) is 9.47 Å². The van der Waals surface area contributed by atoms with E-state index in [0.29, 0.717) is 11.7 Å². The standard InChI is InChI=1S/C8H14O3S/c1-6(2)8(9)11-5-4-10-7(3)12/h6H,4-5H2,1-3H3. The first-order valence-electron chi connectivity index (χ1n) is 3.84. The summed E-state index contributed by atoms with van der Waals surface area (Å²) in [6, 6.07) is 0. The number of carbonyl (C=O) groups is 1. The van der Waals surface area contributed by atoms with Crippen LogP contribution in [0.25, 0.3) is 0 Å². The van der Waals surface area contributed by atoms with Crippen LogP contribution in [0.15, 0.2) is 0 Å². The van der Waals surface area contributed by atoms with Crippen LogP contribution in [0.2, 0.25) is 0 Å². The summed E-state index contributed by atoms with van der Waals surface area (Å²) in [5.74, 6) is -0.292. The van der Waals surface area contributed by atoms with Gasteiger partial charge in [-0.15, -0.1) is 0 Å². The van der Waals surface area contributed by atoms with Gasteiger partial charge in [0.2, 0.25) is 0 Å². The van der Waals surface area contributed by atoms with Crippen molar-refractivity contribution in [2.75, 3.05) is 13.2 Å². The molecule has 0 aromatic rings. The Labute approximate surface area is 78.0 Å². The molecule has 0 bridgehead atoms. The third-order valence-corrected chi connectivity index (χ3v) is 1.22. The number of thiocarbonyl (C=S) groups is 1. The highest BCUT2D eigenvalue weighted by Gasteiger charge is 2.07. The minimum absolute atomic E-state index is 0.0846. The van der Waals surface area contributed by atoms with Gasteiger partial charge in [0.15, 0.2) is 5.05 Å². The smallest absolute Gasteiger partial charge is 0.308 e. The molecule has 0 atom stereocenters. The van der Waals surface area contributed by atoms with Gasteiger partial charge in [-0.05, 0) is 12.2 Å². The van der Waals surface area contributed by atoms with Gasteiger partial charge in [0.1, 0.15) is 13.2 Å². The Hall–Kier alpha value is -0.640. The van der Waals surface area contributed by atoms with Crippen molar-refractivity contribution in [1.29, 1.82) is 0 Å². The van der Waals surface area contributed by atoms with Crippen LogP contribution in [-0.2, 0) is 14.3 Å². The SMILES string of the molecule is CC(=S)OCCOC(=O)C(C)C. The number of carbonyl (C=O) groups excluding carboxylic acids is 1. The predicted molar refractivity (Wildman–Crippen MR) is 50.0 cm³/mol. The van der Waals surface area contributed by atoms with Gasteiger partial charge in [-0.25, -0.2) is 0 Å². The molecule has 12 heavy (non-hydrogen) atoms. The fourth-order valence-corrected chi connectivity index (χ4v) is 0.578. The van der Waals surface area contributed by atoms with Crippen LogP contribution in [0.3, 0.4) is 0 Å². The summed E-state index contributed by atoms with van der Waals surface area (Å²) in [5.41, 5.74) is 0. The summed E-state index contributed by atoms with van der Waals surface area (Å²) >= 11 is 4.66. The lowest BCUT2D eigenvalue weighted by Gasteiger charge is -2.07. The van der Waals surface area contributed by atoms with E-state index in [9.17, 15) is 4.79 Å². The molecule has 0 aromatic heterocycles. The molecule has 0 amide bonds. The maximum atomic E-state index is 10.9. The molecule has 0 aromatic carbocycles. The van der Waals surface area contributed by atoms with E-state index >= 15 is 0 Å². The van der Waals surface area contributed by atoms with Crippen molar-refractivity contribution in [3.8, 4) is 0 Å². The Morgan fingerprint density at radius 2 is 1.83 bits per heavy atom. The number of hydrogen-bond acceptors (Lipinski definition) is 4. The fourth-order valence-electron chi connectivity index (χ4n) is 0.494. The summed E-state index contributed by atoms with van der Waals surface area (Å²) in [5, 5.41) is 0.468. The Bertz CT molecular complexity index is 166. The van der Waals surface area contributed by atoms with E-state index < -0.39 is 0 Å². The van der Waals surface area contributed by atoms with Crippen molar-refractivity contribution in [2.24, 2.45) is 5.92 Å². The Kier molecular flexibility index (Phi) is 5.62. The van der Waals surface area contributed by atoms with Crippen LogP contribution in [0.5, 0.6) is 0 Å². The van der Waals surface area contributed by atoms with Gasteiger partial charge in [0.05, 0.1) is 5.92 Å². The normalized spacial score (nSPS) is 9.67. The molecule has 4 heteroatoms. The highest BCUT2D eigenvalue weighted by Crippen LogP contribution is 1.95. The fraction of sp³-hybridized carbons (Fsp3) is 0.750. The van der Waals surface area contributed by atoms with Crippen molar-refractivity contribution >= 4 is 23.2 Å². The average Bonchev–Trinajstić information content (AvgIpc) is 1.97. The van der Waals surface area contributed by atoms with Crippen LogP contribution in [0.4, 0.5) is 0 Å². The number of esters is 1. The predicted octanol–water partition coefficient (Wildman–Crippen LogP) is 1.55. The Morgan fingerprint density at radius 3 is 2.25 bits per heavy atom. The Morgan fingerprint density at radius 1 is 1.33 bits per heavy atom. The molecule has 0 saturated carbocycles. The molecule has 3 nitrogen and oxygen atoms in total. The van der Waals surface area contributed by atoms with Crippen LogP contribution in [0, 0.1) is 5.92 Å². The first-order valence-corrected chi connectivity index (χ1v) is 4.25. The molecule has 0 spiro atoms. The average molecular weight is 190 g/mol. The molecule has 0 fully saturated rings. The quantitative estimate of drug-likeness (QED) is 0.383. The van der Waals surface area contributed by atoms with Crippen molar-refractivity contribution in [2.45, 2.75) is 20.8 Å². The van der Waals surface area contributed by atoms with Crippen molar-refractivity contribution < 1.29 is 14.3 Å². The lowest BCUT2D eigenvalue weighted by molar-refractivity contribution is -0.148. The lowest BCUT2D eigenvalue weighted by Crippen LogP contribution is -2.15. The molecule has 0 rings (SSSR count). The molecule has 0 unspecified atom stereocenters. The molecule has 0 aliphatic carbocycles. The number of rotatable bonds is 4. The van der Waals surface area contributed by atoms with Crippen LogP contribution in [-0.4, -0.2) is 24.2 Å². The second kappa shape index (κ2) is 5.94. The molecule has 0 aliphatic heterocycles. The largest absolute Gasteiger partial charge is 0.484 e. The zero-order valence-corrected chi connectivity index (χ0v) is 8.44. The molecule has 0 aliphatic rings. The van der Waals surface area contributed by atoms with E-state index in [1.807, 2.05) is 0 Å². The van der Waals surface area contributed by atoms with E-state index in [2.05, 4.69) is 12.2 Å². The van der Waals surface area contributed by atoms with Gasteiger partial charge in [-0.2, -0.15) is 0 Å². The highest BCUT2D eigenvalue weighted by atomic mass is 32.1. The third kappa shape index (κ3) is 6.09. The van der Waals surface area contributed by atoms with E-state index in [0.717, 1.165) is 0 Å². The van der Waals surface area contributed by atoms with E-state index in [1.165, 1.54) is 0 Å². The summed E-state index contributed by atoms with van der Waals surface area (Å²) < 4.78 is 9.76. The van der Waals surface area contributed by atoms with Gasteiger partial charge >= 0.3 is 5.97 Å². The molecule has 0 saturated heterocycles. The van der Waals surface area contributed by atoms with Gasteiger partial charge in [-0.1, -0.05) is 13.8 Å². The van der Waals surface area contributed by atoms with Crippen LogP contribution in [0.1, 0.15) is 20.8 Å². The van der Waals surface area contributed by atoms with Crippen molar-refractivity contribution in [3.05, 3.63) is 0 Å². The molecular formula is C8H14O3S. The topological polar surface area (TPSA) is 35.5 Å². The summed E-state index contributed by atoms with van der Waals surface area (Å²) in [4.78, 5) is 10.9. The second-order valence-corrected chi connectivity index (χ2v) is 3.24. The lowest BCUT2D eigenvalue weighted by atomic mass is 10.2. The van der Waals surface area contributed by atoms with Crippen LogP contribution < -0.4 is 0 Å². The summed E-state index contributed by atoms with van der Waals surface area (Å²) in [6.07, 6.45) is 0. The summed E-state index contributed by atoms with van der Waals surface area (Å²) in [6.45, 7) is 5.86. The first-order chi connectivity index (χ1) is 5.54. The zero-order valence-electron chi connectivity index (χ0n) is 7.62. The molecular weight excluding hydrogens is 176 g/mol. The minimum atomic E-state index is -0.208. The minimum Gasteiger partial charge on any atom is -0.484 e. The number of hydrogen-bond donors (Lipinski definition) is 0. The van der Waals surface area contributed by atoms with E-state index in [1.54, 1.807) is 20.8 Å². The molecule has 0 heterocycles. The van der Waals surface area contributed by atoms with Gasteiger partial charge in [-0.3, -0.25) is 4.79 Å².